The summed E-state index contributed by atoms with van der Waals surface area (Å²) in [6.07, 6.45) is 12.5. The largest absolute Gasteiger partial charge is 0.441 e. The SMILES string of the molecule is C\C=C(F)/C(=C\C(=C\CC)C1CC1)c1nc2c(o1)CCCC2Cc1ccc(F)cc1. The van der Waals surface area contributed by atoms with E-state index in [9.17, 15) is 8.78 Å². The molecule has 1 aromatic heterocycles. The second-order valence-corrected chi connectivity index (χ2v) is 8.33. The van der Waals surface area contributed by atoms with Crippen LogP contribution < -0.4 is 0 Å². The van der Waals surface area contributed by atoms with Gasteiger partial charge in [-0.15, -0.1) is 0 Å². The molecule has 4 rings (SSSR count). The average molecular weight is 410 g/mol. The molecule has 2 aliphatic carbocycles. The maximum absolute atomic E-state index is 14.8. The number of aryl methyl sites for hydroxylation is 1. The predicted octanol–water partition coefficient (Wildman–Crippen LogP) is 7.48. The molecule has 1 heterocycles. The standard InChI is InChI=1S/C26H29F2NO/c1-3-6-19(18-11-12-18)16-22(23(28)4-2)26-29-25-20(7-5-8-24(25)30-26)15-17-9-13-21(27)14-10-17/h4,6,9-10,13-14,16,18,20H,3,5,7-8,11-12,15H2,1-2H3/b19-6-,22-16+,23-4+. The highest BCUT2D eigenvalue weighted by atomic mass is 19.1. The fourth-order valence-corrected chi connectivity index (χ4v) is 4.28. The van der Waals surface area contributed by atoms with Crippen LogP contribution in [0.5, 0.6) is 0 Å². The Balaban J connectivity index is 1.66. The molecule has 1 aromatic carbocycles. The van der Waals surface area contributed by atoms with Crippen molar-refractivity contribution in [1.82, 2.24) is 4.98 Å². The first kappa shape index (κ1) is 20.8. The molecule has 0 amide bonds. The van der Waals surface area contributed by atoms with E-state index in [1.54, 1.807) is 6.92 Å². The van der Waals surface area contributed by atoms with Crippen molar-refractivity contribution in [3.63, 3.8) is 0 Å². The zero-order valence-electron chi connectivity index (χ0n) is 17.8. The van der Waals surface area contributed by atoms with E-state index in [0.717, 1.165) is 62.0 Å². The monoisotopic (exact) mass is 409 g/mol. The van der Waals surface area contributed by atoms with Gasteiger partial charge in [0, 0.05) is 12.3 Å². The van der Waals surface area contributed by atoms with E-state index in [1.807, 2.05) is 18.2 Å². The molecule has 4 heteroatoms. The maximum Gasteiger partial charge on any atom is 0.229 e. The van der Waals surface area contributed by atoms with E-state index in [4.69, 9.17) is 9.40 Å². The van der Waals surface area contributed by atoms with Crippen molar-refractivity contribution in [2.45, 2.75) is 64.7 Å². The first-order valence-electron chi connectivity index (χ1n) is 11.1. The first-order chi connectivity index (χ1) is 14.6. The lowest BCUT2D eigenvalue weighted by molar-refractivity contribution is 0.441. The summed E-state index contributed by atoms with van der Waals surface area (Å²) < 4.78 is 34.2. The number of oxazole rings is 1. The van der Waals surface area contributed by atoms with Gasteiger partial charge < -0.3 is 4.42 Å². The Kier molecular flexibility index (Phi) is 6.31. The molecule has 0 saturated heterocycles. The van der Waals surface area contributed by atoms with Gasteiger partial charge in [-0.05, 0) is 80.7 Å². The maximum atomic E-state index is 14.8. The third-order valence-corrected chi connectivity index (χ3v) is 6.01. The summed E-state index contributed by atoms with van der Waals surface area (Å²) in [5.74, 6) is 1.46. The van der Waals surface area contributed by atoms with Crippen LogP contribution in [0, 0.1) is 11.7 Å². The van der Waals surface area contributed by atoms with Crippen LogP contribution in [0.1, 0.15) is 74.8 Å². The number of benzene rings is 1. The number of fused-ring (bicyclic) bond motifs is 1. The second kappa shape index (κ2) is 9.11. The third-order valence-electron chi connectivity index (χ3n) is 6.01. The minimum Gasteiger partial charge on any atom is -0.441 e. The van der Waals surface area contributed by atoms with Crippen LogP contribution in [0.4, 0.5) is 8.78 Å². The summed E-state index contributed by atoms with van der Waals surface area (Å²) in [5, 5.41) is 0. The van der Waals surface area contributed by atoms with Crippen LogP contribution in [-0.4, -0.2) is 4.98 Å². The number of nitrogens with zero attached hydrogens (tertiary/aromatic N) is 1. The number of rotatable bonds is 7. The minimum absolute atomic E-state index is 0.209. The van der Waals surface area contributed by atoms with E-state index in [2.05, 4.69) is 13.0 Å². The molecule has 30 heavy (non-hydrogen) atoms. The Morgan fingerprint density at radius 3 is 2.63 bits per heavy atom. The number of allylic oxidation sites excluding steroid dienone is 6. The van der Waals surface area contributed by atoms with Gasteiger partial charge in [-0.2, -0.15) is 0 Å². The smallest absolute Gasteiger partial charge is 0.229 e. The number of halogens is 2. The second-order valence-electron chi connectivity index (χ2n) is 8.33. The zero-order valence-corrected chi connectivity index (χ0v) is 17.8. The molecule has 2 nitrogen and oxygen atoms in total. The molecular weight excluding hydrogens is 380 g/mol. The van der Waals surface area contributed by atoms with Gasteiger partial charge >= 0.3 is 0 Å². The van der Waals surface area contributed by atoms with Crippen LogP contribution >= 0.6 is 0 Å². The van der Waals surface area contributed by atoms with Crippen LogP contribution in [0.25, 0.3) is 5.57 Å². The van der Waals surface area contributed by atoms with Crippen LogP contribution in [0.3, 0.4) is 0 Å². The van der Waals surface area contributed by atoms with Gasteiger partial charge in [0.15, 0.2) is 0 Å². The lowest BCUT2D eigenvalue weighted by atomic mass is 9.86. The Morgan fingerprint density at radius 1 is 1.20 bits per heavy atom. The van der Waals surface area contributed by atoms with Crippen molar-refractivity contribution in [3.05, 3.63) is 82.6 Å². The van der Waals surface area contributed by atoms with E-state index < -0.39 is 0 Å². The van der Waals surface area contributed by atoms with Crippen molar-refractivity contribution >= 4 is 5.57 Å². The fraction of sp³-hybridized carbons (Fsp3) is 0.423. The van der Waals surface area contributed by atoms with Crippen molar-refractivity contribution < 1.29 is 13.2 Å². The fourth-order valence-electron chi connectivity index (χ4n) is 4.28. The van der Waals surface area contributed by atoms with E-state index in [-0.39, 0.29) is 17.6 Å². The lowest BCUT2D eigenvalue weighted by Gasteiger charge is -2.20. The molecule has 1 atom stereocenters. The summed E-state index contributed by atoms with van der Waals surface area (Å²) in [4.78, 5) is 4.79. The molecule has 0 N–H and O–H groups in total. The van der Waals surface area contributed by atoms with Gasteiger partial charge in [-0.1, -0.05) is 31.2 Å². The number of aromatic nitrogens is 1. The summed E-state index contributed by atoms with van der Waals surface area (Å²) in [5.41, 5.74) is 3.64. The van der Waals surface area contributed by atoms with Crippen LogP contribution in [0.2, 0.25) is 0 Å². The van der Waals surface area contributed by atoms with Crippen molar-refractivity contribution in [3.8, 4) is 0 Å². The minimum atomic E-state index is -0.300. The Morgan fingerprint density at radius 2 is 1.97 bits per heavy atom. The molecule has 1 saturated carbocycles. The molecular formula is C26H29F2NO. The summed E-state index contributed by atoms with van der Waals surface area (Å²) >= 11 is 0. The molecule has 0 radical (unpaired) electrons. The highest BCUT2D eigenvalue weighted by Gasteiger charge is 2.30. The van der Waals surface area contributed by atoms with Crippen molar-refractivity contribution in [1.29, 1.82) is 0 Å². The molecule has 2 aromatic rings. The zero-order chi connectivity index (χ0) is 21.1. The van der Waals surface area contributed by atoms with Gasteiger partial charge in [0.05, 0.1) is 11.3 Å². The number of hydrogen-bond donors (Lipinski definition) is 0. The normalized spacial score (nSPS) is 20.4. The third kappa shape index (κ3) is 4.63. The van der Waals surface area contributed by atoms with Crippen LogP contribution in [-0.2, 0) is 12.8 Å². The molecule has 2 aliphatic rings. The molecule has 0 spiro atoms. The van der Waals surface area contributed by atoms with Gasteiger partial charge in [-0.3, -0.25) is 0 Å². The molecule has 1 fully saturated rings. The number of hydrogen-bond acceptors (Lipinski definition) is 2. The highest BCUT2D eigenvalue weighted by molar-refractivity contribution is 5.74. The summed E-state index contributed by atoms with van der Waals surface area (Å²) in [7, 11) is 0. The van der Waals surface area contributed by atoms with E-state index in [0.29, 0.717) is 17.4 Å². The Labute approximate surface area is 177 Å². The average Bonchev–Trinajstić information content (AvgIpc) is 3.51. The van der Waals surface area contributed by atoms with E-state index in [1.165, 1.54) is 23.8 Å². The summed E-state index contributed by atoms with van der Waals surface area (Å²) in [6, 6.07) is 6.64. The van der Waals surface area contributed by atoms with Gasteiger partial charge in [0.2, 0.25) is 5.89 Å². The van der Waals surface area contributed by atoms with Gasteiger partial charge in [0.25, 0.3) is 0 Å². The highest BCUT2D eigenvalue weighted by Crippen LogP contribution is 2.41. The summed E-state index contributed by atoms with van der Waals surface area (Å²) in [6.45, 7) is 3.80. The molecule has 158 valence electrons. The first-order valence-corrected chi connectivity index (χ1v) is 11.1. The quantitative estimate of drug-likeness (QED) is 0.443. The Bertz CT molecular complexity index is 977. The molecule has 1 unspecified atom stereocenters. The Hall–Kier alpha value is -2.49. The van der Waals surface area contributed by atoms with Crippen molar-refractivity contribution in [2.24, 2.45) is 5.92 Å². The topological polar surface area (TPSA) is 26.0 Å². The van der Waals surface area contributed by atoms with Crippen molar-refractivity contribution in [2.75, 3.05) is 0 Å². The predicted molar refractivity (Wildman–Crippen MR) is 116 cm³/mol. The van der Waals surface area contributed by atoms with Gasteiger partial charge in [0.1, 0.15) is 17.4 Å². The van der Waals surface area contributed by atoms with E-state index >= 15 is 0 Å². The lowest BCUT2D eigenvalue weighted by Crippen LogP contribution is -2.11. The van der Waals surface area contributed by atoms with Gasteiger partial charge in [-0.25, -0.2) is 13.8 Å². The van der Waals surface area contributed by atoms with Crippen LogP contribution in [0.15, 0.2) is 58.3 Å². The molecule has 0 aliphatic heterocycles. The molecule has 0 bridgehead atoms.